The van der Waals surface area contributed by atoms with Crippen molar-refractivity contribution in [2.45, 2.75) is 12.6 Å². The van der Waals surface area contributed by atoms with Crippen molar-refractivity contribution in [2.75, 3.05) is 12.4 Å². The Hall–Kier alpha value is -3.35. The topological polar surface area (TPSA) is 60.6 Å². The first kappa shape index (κ1) is 16.8. The van der Waals surface area contributed by atoms with Gasteiger partial charge in [0.2, 0.25) is 5.91 Å². The molecule has 6 nitrogen and oxygen atoms in total. The molecular formula is C21H19FN4O2. The highest BCUT2D eigenvalue weighted by atomic mass is 19.1. The van der Waals surface area contributed by atoms with Gasteiger partial charge in [0.1, 0.15) is 17.7 Å². The molecular weight excluding hydrogens is 359 g/mol. The monoisotopic (exact) mass is 378 g/mol. The fraction of sp³-hybridized carbons (Fsp3) is 0.238. The van der Waals surface area contributed by atoms with Gasteiger partial charge in [-0.3, -0.25) is 4.79 Å². The average molecular weight is 378 g/mol. The van der Waals surface area contributed by atoms with Crippen molar-refractivity contribution >= 4 is 28.1 Å². The zero-order valence-corrected chi connectivity index (χ0v) is 15.5. The molecule has 0 aromatic carbocycles. The van der Waals surface area contributed by atoms with Gasteiger partial charge in [-0.15, -0.1) is 0 Å². The van der Waals surface area contributed by atoms with Gasteiger partial charge in [0, 0.05) is 36.4 Å². The minimum absolute atomic E-state index is 0.297. The number of hydrogen-bond acceptors (Lipinski definition) is 3. The second kappa shape index (κ2) is 6.09. The summed E-state index contributed by atoms with van der Waals surface area (Å²) >= 11 is 0. The Balaban J connectivity index is 1.57. The second-order valence-corrected chi connectivity index (χ2v) is 7.16. The maximum absolute atomic E-state index is 13.1. The van der Waals surface area contributed by atoms with Crippen LogP contribution in [0.4, 0.5) is 10.2 Å². The van der Waals surface area contributed by atoms with Crippen LogP contribution in [0.1, 0.15) is 6.42 Å². The molecule has 28 heavy (non-hydrogen) atoms. The molecule has 1 fully saturated rings. The summed E-state index contributed by atoms with van der Waals surface area (Å²) in [7, 11) is 3.63. The van der Waals surface area contributed by atoms with Crippen LogP contribution in [0.3, 0.4) is 0 Å². The van der Waals surface area contributed by atoms with Crippen LogP contribution >= 0.6 is 0 Å². The van der Waals surface area contributed by atoms with Crippen LogP contribution < -0.4 is 10.1 Å². The van der Waals surface area contributed by atoms with E-state index in [1.54, 1.807) is 13.3 Å². The number of pyridine rings is 2. The Morgan fingerprint density at radius 1 is 1.36 bits per heavy atom. The first-order chi connectivity index (χ1) is 13.5. The molecule has 4 heterocycles. The van der Waals surface area contributed by atoms with Crippen molar-refractivity contribution in [3.63, 3.8) is 0 Å². The van der Waals surface area contributed by atoms with Crippen molar-refractivity contribution in [2.24, 2.45) is 13.0 Å². The van der Waals surface area contributed by atoms with E-state index >= 15 is 0 Å². The summed E-state index contributed by atoms with van der Waals surface area (Å²) in [6.07, 6.45) is 5.02. The van der Waals surface area contributed by atoms with Gasteiger partial charge in [-0.2, -0.15) is 0 Å². The summed E-state index contributed by atoms with van der Waals surface area (Å²) in [5, 5.41) is 3.65. The number of nitrogens with zero attached hydrogens (tertiary/aromatic N) is 3. The quantitative estimate of drug-likeness (QED) is 0.588. The van der Waals surface area contributed by atoms with Crippen LogP contribution in [0.2, 0.25) is 0 Å². The number of ether oxygens (including phenoxy) is 1. The number of fused-ring (bicyclic) bond motifs is 2. The maximum atomic E-state index is 13.1. The number of aromatic nitrogens is 3. The number of amides is 1. The summed E-state index contributed by atoms with van der Waals surface area (Å²) in [6, 6.07) is 9.86. The third-order valence-corrected chi connectivity index (χ3v) is 5.35. The molecule has 1 aliphatic rings. The Morgan fingerprint density at radius 3 is 2.93 bits per heavy atom. The molecule has 1 saturated carbocycles. The minimum Gasteiger partial charge on any atom is -0.496 e. The molecule has 142 valence electrons. The van der Waals surface area contributed by atoms with Crippen molar-refractivity contribution in [3.05, 3.63) is 48.9 Å². The molecule has 0 bridgehead atoms. The smallest absolute Gasteiger partial charge is 0.231 e. The van der Waals surface area contributed by atoms with Crippen LogP contribution in [0.25, 0.3) is 27.7 Å². The predicted octanol–water partition coefficient (Wildman–Crippen LogP) is 3.80. The summed E-state index contributed by atoms with van der Waals surface area (Å²) in [4.78, 5) is 16.3. The number of anilines is 1. The van der Waals surface area contributed by atoms with Crippen LogP contribution in [-0.2, 0) is 11.8 Å². The maximum Gasteiger partial charge on any atom is 0.231 e. The third-order valence-electron chi connectivity index (χ3n) is 5.35. The molecule has 0 aliphatic heterocycles. The largest absolute Gasteiger partial charge is 0.496 e. The first-order valence-corrected chi connectivity index (χ1v) is 9.10. The molecule has 0 radical (unpaired) electrons. The Bertz CT molecular complexity index is 1230. The summed E-state index contributed by atoms with van der Waals surface area (Å²) in [5.74, 6) is 0.361. The number of hydrogen-bond donors (Lipinski definition) is 1. The van der Waals surface area contributed by atoms with E-state index in [9.17, 15) is 9.18 Å². The van der Waals surface area contributed by atoms with Gasteiger partial charge in [0.05, 0.1) is 36.0 Å². The normalized spacial score (nSPS) is 18.5. The van der Waals surface area contributed by atoms with Gasteiger partial charge < -0.3 is 19.0 Å². The Kier molecular flexibility index (Phi) is 3.65. The lowest BCUT2D eigenvalue weighted by atomic mass is 10.1. The van der Waals surface area contributed by atoms with Crippen LogP contribution in [-0.4, -0.2) is 33.1 Å². The highest BCUT2D eigenvalue weighted by Crippen LogP contribution is 2.36. The molecule has 1 amide bonds. The molecule has 0 saturated heterocycles. The fourth-order valence-corrected chi connectivity index (χ4v) is 3.64. The van der Waals surface area contributed by atoms with E-state index in [0.717, 1.165) is 33.4 Å². The minimum atomic E-state index is -1.02. The molecule has 0 spiro atoms. The fourth-order valence-electron chi connectivity index (χ4n) is 3.64. The van der Waals surface area contributed by atoms with Gasteiger partial charge in [-0.05, 0) is 30.7 Å². The van der Waals surface area contributed by atoms with Crippen molar-refractivity contribution < 1.29 is 13.9 Å². The number of methoxy groups -OCH3 is 1. The molecule has 4 aromatic heterocycles. The van der Waals surface area contributed by atoms with Crippen LogP contribution in [0.5, 0.6) is 5.75 Å². The summed E-state index contributed by atoms with van der Waals surface area (Å²) in [6.45, 7) is 0. The summed E-state index contributed by atoms with van der Waals surface area (Å²) < 4.78 is 22.8. The molecule has 5 rings (SSSR count). The highest BCUT2D eigenvalue weighted by Gasteiger charge is 2.43. The lowest BCUT2D eigenvalue weighted by Gasteiger charge is -2.11. The number of aryl methyl sites for hydroxylation is 1. The number of halogens is 1. The van der Waals surface area contributed by atoms with Gasteiger partial charge >= 0.3 is 0 Å². The number of nitrogens with one attached hydrogen (secondary N) is 1. The lowest BCUT2D eigenvalue weighted by Crippen LogP contribution is -2.15. The van der Waals surface area contributed by atoms with Gasteiger partial charge in [0.25, 0.3) is 0 Å². The molecule has 7 heteroatoms. The number of rotatable bonds is 4. The number of carbonyl (C=O) groups excluding carboxylic acids is 1. The predicted molar refractivity (Wildman–Crippen MR) is 105 cm³/mol. The van der Waals surface area contributed by atoms with E-state index in [-0.39, 0.29) is 5.91 Å². The third kappa shape index (κ3) is 2.62. The number of alkyl halides is 1. The second-order valence-electron chi connectivity index (χ2n) is 7.16. The molecule has 2 unspecified atom stereocenters. The molecule has 2 atom stereocenters. The van der Waals surface area contributed by atoms with E-state index in [1.165, 1.54) is 0 Å². The van der Waals surface area contributed by atoms with Crippen LogP contribution in [0, 0.1) is 5.92 Å². The van der Waals surface area contributed by atoms with Gasteiger partial charge in [0.15, 0.2) is 0 Å². The van der Waals surface area contributed by atoms with Crippen molar-refractivity contribution in [1.29, 1.82) is 0 Å². The van der Waals surface area contributed by atoms with E-state index in [1.807, 2.05) is 58.7 Å². The Labute approximate surface area is 160 Å². The van der Waals surface area contributed by atoms with E-state index < -0.39 is 12.1 Å². The molecule has 1 N–H and O–H groups in total. The average Bonchev–Trinajstić information content (AvgIpc) is 3.11. The van der Waals surface area contributed by atoms with Gasteiger partial charge in [-0.25, -0.2) is 9.37 Å². The SMILES string of the molecule is COc1cc2cccn2cc1-c1cc2cc(NC(=O)C3CC3F)ncc2n1C. The summed E-state index contributed by atoms with van der Waals surface area (Å²) in [5.41, 5.74) is 3.90. The lowest BCUT2D eigenvalue weighted by molar-refractivity contribution is -0.117. The number of carbonyl (C=O) groups is 1. The van der Waals surface area contributed by atoms with Crippen molar-refractivity contribution in [3.8, 4) is 17.0 Å². The molecule has 1 aliphatic carbocycles. The van der Waals surface area contributed by atoms with E-state index in [2.05, 4.69) is 10.3 Å². The zero-order valence-electron chi connectivity index (χ0n) is 15.5. The van der Waals surface area contributed by atoms with Crippen LogP contribution in [0.15, 0.2) is 48.9 Å². The highest BCUT2D eigenvalue weighted by molar-refractivity contribution is 5.96. The van der Waals surface area contributed by atoms with Crippen molar-refractivity contribution in [1.82, 2.24) is 14.0 Å². The molecule has 4 aromatic rings. The first-order valence-electron chi connectivity index (χ1n) is 9.10. The zero-order chi connectivity index (χ0) is 19.4. The Morgan fingerprint density at radius 2 is 2.18 bits per heavy atom. The van der Waals surface area contributed by atoms with E-state index in [0.29, 0.717) is 12.2 Å². The standard InChI is InChI=1S/C21H19FN4O2/c1-25-17(15-11-26-5-3-4-13(26)8-19(15)28-2)6-12-7-20(23-10-18(12)25)24-21(27)14-9-16(14)22/h3-8,10-11,14,16H,9H2,1-2H3,(H,23,24,27). The van der Waals surface area contributed by atoms with Gasteiger partial charge in [-0.1, -0.05) is 0 Å². The van der Waals surface area contributed by atoms with E-state index in [4.69, 9.17) is 4.74 Å².